The molecule has 92 valence electrons. The molecule has 4 N–H and O–H groups in total. The van der Waals surface area contributed by atoms with Gasteiger partial charge in [-0.1, -0.05) is 13.8 Å². The van der Waals surface area contributed by atoms with Crippen molar-refractivity contribution in [3.63, 3.8) is 0 Å². The number of aromatic nitrogens is 2. The van der Waals surface area contributed by atoms with Crippen LogP contribution in [0.15, 0.2) is 12.4 Å². The van der Waals surface area contributed by atoms with Crippen molar-refractivity contribution >= 4 is 18.3 Å². The summed E-state index contributed by atoms with van der Waals surface area (Å²) in [6.45, 7) is 5.75. The fraction of sp³-hybridized carbons (Fsp3) is 0.600. The molecule has 16 heavy (non-hydrogen) atoms. The Morgan fingerprint density at radius 2 is 2.12 bits per heavy atom. The third-order valence-electron chi connectivity index (χ3n) is 2.40. The molecular weight excluding hydrogens is 228 g/mol. The predicted octanol–water partition coefficient (Wildman–Crippen LogP) is 0.992. The number of nitrogens with one attached hydrogen (secondary N) is 2. The van der Waals surface area contributed by atoms with Gasteiger partial charge in [0.05, 0.1) is 18.3 Å². The summed E-state index contributed by atoms with van der Waals surface area (Å²) < 4.78 is 0. The molecule has 0 spiro atoms. The molecule has 1 amide bonds. The molecule has 1 unspecified atom stereocenters. The summed E-state index contributed by atoms with van der Waals surface area (Å²) in [5.41, 5.74) is 6.67. The van der Waals surface area contributed by atoms with E-state index in [1.165, 1.54) is 0 Å². The third kappa shape index (κ3) is 3.83. The van der Waals surface area contributed by atoms with Gasteiger partial charge >= 0.3 is 0 Å². The second-order valence-electron chi connectivity index (χ2n) is 4.03. The van der Waals surface area contributed by atoms with Gasteiger partial charge in [-0.25, -0.2) is 0 Å². The van der Waals surface area contributed by atoms with Gasteiger partial charge in [-0.2, -0.15) is 5.10 Å². The average molecular weight is 247 g/mol. The molecule has 1 rings (SSSR count). The van der Waals surface area contributed by atoms with Gasteiger partial charge in [0.15, 0.2) is 0 Å². The van der Waals surface area contributed by atoms with Gasteiger partial charge in [-0.15, -0.1) is 12.4 Å². The van der Waals surface area contributed by atoms with Gasteiger partial charge in [0.25, 0.3) is 0 Å². The first kappa shape index (κ1) is 14.9. The molecule has 2 atom stereocenters. The molecule has 0 aliphatic heterocycles. The molecule has 0 saturated carbocycles. The molecule has 0 aliphatic rings. The molecule has 0 aromatic carbocycles. The van der Waals surface area contributed by atoms with Crippen LogP contribution >= 0.6 is 12.4 Å². The lowest BCUT2D eigenvalue weighted by atomic mass is 10.0. The predicted molar refractivity (Wildman–Crippen MR) is 65.2 cm³/mol. The highest BCUT2D eigenvalue weighted by Gasteiger charge is 2.19. The van der Waals surface area contributed by atoms with Crippen molar-refractivity contribution in [1.82, 2.24) is 15.5 Å². The number of halogens is 1. The zero-order valence-electron chi connectivity index (χ0n) is 9.73. The van der Waals surface area contributed by atoms with Crippen molar-refractivity contribution in [2.24, 2.45) is 11.7 Å². The summed E-state index contributed by atoms with van der Waals surface area (Å²) in [7, 11) is 0. The summed E-state index contributed by atoms with van der Waals surface area (Å²) in [6.07, 6.45) is 3.44. The Balaban J connectivity index is 0.00000225. The van der Waals surface area contributed by atoms with Crippen LogP contribution in [0, 0.1) is 5.92 Å². The standard InChI is InChI=1S/C10H18N4O.ClH/c1-6(2)9(11)10(15)14-7(3)8-4-12-13-5-8;/h4-7,9H,11H2,1-3H3,(H,12,13)(H,14,15);1H/t7?,9-;/m0./s1. The van der Waals surface area contributed by atoms with Crippen molar-refractivity contribution in [2.75, 3.05) is 0 Å². The lowest BCUT2D eigenvalue weighted by Crippen LogP contribution is -2.44. The number of amides is 1. The monoisotopic (exact) mass is 246 g/mol. The number of carbonyl (C=O) groups excluding carboxylic acids is 1. The van der Waals surface area contributed by atoms with Gasteiger partial charge in [-0.05, 0) is 12.8 Å². The number of hydrogen-bond acceptors (Lipinski definition) is 3. The Bertz CT molecular complexity index is 313. The van der Waals surface area contributed by atoms with Gasteiger partial charge in [0.2, 0.25) is 5.91 Å². The van der Waals surface area contributed by atoms with Crippen molar-refractivity contribution < 1.29 is 4.79 Å². The van der Waals surface area contributed by atoms with E-state index >= 15 is 0 Å². The molecule has 0 aliphatic carbocycles. The van der Waals surface area contributed by atoms with Crippen molar-refractivity contribution in [1.29, 1.82) is 0 Å². The maximum Gasteiger partial charge on any atom is 0.237 e. The second-order valence-corrected chi connectivity index (χ2v) is 4.03. The van der Waals surface area contributed by atoms with Crippen LogP contribution in [0.5, 0.6) is 0 Å². The number of hydrogen-bond donors (Lipinski definition) is 3. The quantitative estimate of drug-likeness (QED) is 0.741. The number of nitrogens with zero attached hydrogens (tertiary/aromatic N) is 1. The Hall–Kier alpha value is -1.07. The summed E-state index contributed by atoms with van der Waals surface area (Å²) in [5, 5.41) is 9.37. The van der Waals surface area contributed by atoms with E-state index in [-0.39, 0.29) is 30.3 Å². The topological polar surface area (TPSA) is 83.8 Å². The van der Waals surface area contributed by atoms with Crippen molar-refractivity contribution in [2.45, 2.75) is 32.9 Å². The zero-order valence-corrected chi connectivity index (χ0v) is 10.5. The number of aromatic amines is 1. The normalized spacial score (nSPS) is 14.1. The Morgan fingerprint density at radius 3 is 2.56 bits per heavy atom. The molecule has 0 fully saturated rings. The molecular formula is C10H19ClN4O. The fourth-order valence-electron chi connectivity index (χ4n) is 1.19. The number of carbonyl (C=O) groups is 1. The molecule has 5 nitrogen and oxygen atoms in total. The lowest BCUT2D eigenvalue weighted by molar-refractivity contribution is -0.123. The first-order valence-corrected chi connectivity index (χ1v) is 5.07. The minimum Gasteiger partial charge on any atom is -0.348 e. The Kier molecular flexibility index (Phi) is 6.06. The number of rotatable bonds is 4. The van der Waals surface area contributed by atoms with E-state index in [4.69, 9.17) is 5.73 Å². The van der Waals surface area contributed by atoms with Crippen LogP contribution in [0.25, 0.3) is 0 Å². The van der Waals surface area contributed by atoms with E-state index in [1.807, 2.05) is 20.8 Å². The average Bonchev–Trinajstić information content (AvgIpc) is 2.68. The van der Waals surface area contributed by atoms with Gasteiger partial charge < -0.3 is 11.1 Å². The Labute approximate surface area is 102 Å². The second kappa shape index (κ2) is 6.50. The molecule has 0 radical (unpaired) electrons. The van der Waals surface area contributed by atoms with Crippen molar-refractivity contribution in [3.8, 4) is 0 Å². The zero-order chi connectivity index (χ0) is 11.4. The van der Waals surface area contributed by atoms with E-state index in [1.54, 1.807) is 12.4 Å². The van der Waals surface area contributed by atoms with Crippen molar-refractivity contribution in [3.05, 3.63) is 18.0 Å². The first-order valence-electron chi connectivity index (χ1n) is 5.07. The van der Waals surface area contributed by atoms with Gasteiger partial charge in [-0.3, -0.25) is 9.89 Å². The van der Waals surface area contributed by atoms with Crippen LogP contribution in [0.2, 0.25) is 0 Å². The van der Waals surface area contributed by atoms with Crippen LogP contribution in [0.4, 0.5) is 0 Å². The van der Waals surface area contributed by atoms with Gasteiger partial charge in [0, 0.05) is 11.8 Å². The van der Waals surface area contributed by atoms with E-state index in [0.29, 0.717) is 0 Å². The number of nitrogens with two attached hydrogens (primary N) is 1. The maximum atomic E-state index is 11.6. The third-order valence-corrected chi connectivity index (χ3v) is 2.40. The van der Waals surface area contributed by atoms with Crippen LogP contribution < -0.4 is 11.1 Å². The minimum atomic E-state index is -0.459. The smallest absolute Gasteiger partial charge is 0.237 e. The van der Waals surface area contributed by atoms with Crippen LogP contribution in [0.3, 0.4) is 0 Å². The van der Waals surface area contributed by atoms with Crippen LogP contribution in [-0.2, 0) is 4.79 Å². The van der Waals surface area contributed by atoms with E-state index < -0.39 is 6.04 Å². The molecule has 1 aromatic heterocycles. The molecule has 1 heterocycles. The first-order chi connectivity index (χ1) is 7.02. The van der Waals surface area contributed by atoms with E-state index in [9.17, 15) is 4.79 Å². The van der Waals surface area contributed by atoms with E-state index in [2.05, 4.69) is 15.5 Å². The molecule has 6 heteroatoms. The summed E-state index contributed by atoms with van der Waals surface area (Å²) in [6, 6.07) is -0.527. The van der Waals surface area contributed by atoms with Crippen LogP contribution in [-0.4, -0.2) is 22.1 Å². The summed E-state index contributed by atoms with van der Waals surface area (Å²) in [4.78, 5) is 11.6. The molecule has 0 bridgehead atoms. The van der Waals surface area contributed by atoms with Crippen LogP contribution in [0.1, 0.15) is 32.4 Å². The summed E-state index contributed by atoms with van der Waals surface area (Å²) in [5.74, 6) is 0.0141. The highest BCUT2D eigenvalue weighted by molar-refractivity contribution is 5.85. The highest BCUT2D eigenvalue weighted by Crippen LogP contribution is 2.09. The number of H-pyrrole nitrogens is 1. The highest BCUT2D eigenvalue weighted by atomic mass is 35.5. The molecule has 0 saturated heterocycles. The SMILES string of the molecule is CC(NC(=O)[C@@H](N)C(C)C)c1cn[nH]c1.Cl. The molecule has 1 aromatic rings. The van der Waals surface area contributed by atoms with E-state index in [0.717, 1.165) is 5.56 Å². The minimum absolute atomic E-state index is 0. The Morgan fingerprint density at radius 1 is 1.50 bits per heavy atom. The largest absolute Gasteiger partial charge is 0.348 e. The lowest BCUT2D eigenvalue weighted by Gasteiger charge is -2.18. The maximum absolute atomic E-state index is 11.6. The summed E-state index contributed by atoms with van der Waals surface area (Å²) >= 11 is 0. The fourth-order valence-corrected chi connectivity index (χ4v) is 1.19. The van der Waals surface area contributed by atoms with Gasteiger partial charge in [0.1, 0.15) is 0 Å².